The fraction of sp³-hybridized carbons (Fsp3) is 0.200. The molecule has 0 heterocycles. The maximum Gasteiger partial charge on any atom is 1.00 e. The van der Waals surface area contributed by atoms with Gasteiger partial charge in [0.05, 0.1) is 0 Å². The Bertz CT molecular complexity index is 261. The molecule has 0 rings (SSSR count). The molecule has 0 aliphatic heterocycles. The van der Waals surface area contributed by atoms with Gasteiger partial charge in [-0.05, 0) is 6.92 Å². The van der Waals surface area contributed by atoms with Gasteiger partial charge in [0.15, 0.2) is 0 Å². The zero-order valence-electron chi connectivity index (χ0n) is 8.90. The zero-order chi connectivity index (χ0) is 11.1. The summed E-state index contributed by atoms with van der Waals surface area (Å²) in [6, 6.07) is 0. The van der Waals surface area contributed by atoms with E-state index in [-0.39, 0.29) is 25.9 Å². The third-order valence-electron chi connectivity index (χ3n) is 1.01. The Morgan fingerprint density at radius 1 is 1.40 bits per heavy atom. The third kappa shape index (κ3) is 7.10. The minimum absolute atomic E-state index is 0. The average Bonchev–Trinajstić information content (AvgIpc) is 2.12. The van der Waals surface area contributed by atoms with E-state index in [1.54, 1.807) is 0 Å². The number of halogens is 2. The molecule has 0 fully saturated rings. The molecule has 15 heavy (non-hydrogen) atoms. The van der Waals surface area contributed by atoms with Crippen molar-refractivity contribution >= 4 is 19.3 Å². The van der Waals surface area contributed by atoms with Crippen molar-refractivity contribution in [1.82, 2.24) is 0 Å². The summed E-state index contributed by atoms with van der Waals surface area (Å²) in [7, 11) is -2.46. The summed E-state index contributed by atoms with van der Waals surface area (Å²) in [5.41, 5.74) is -0.378. The summed E-state index contributed by atoms with van der Waals surface area (Å²) in [5, 5.41) is 8.19. The van der Waals surface area contributed by atoms with Crippen LogP contribution in [0, 0.1) is 0 Å². The topological polar surface area (TPSA) is 82.1 Å². The Morgan fingerprint density at radius 2 is 1.87 bits per heavy atom. The van der Waals surface area contributed by atoms with Crippen molar-refractivity contribution in [3.05, 3.63) is 11.6 Å². The van der Waals surface area contributed by atoms with Crippen LogP contribution in [0.25, 0.3) is 0 Å². The maximum atomic E-state index is 11.3. The fourth-order valence-corrected chi connectivity index (χ4v) is 0.475. The van der Waals surface area contributed by atoms with Crippen molar-refractivity contribution in [3.63, 3.8) is 0 Å². The van der Waals surface area contributed by atoms with Crippen molar-refractivity contribution in [2.75, 3.05) is 0 Å². The Kier molecular flexibility index (Phi) is 9.30. The number of carbonyl (C=O) groups is 2. The van der Waals surface area contributed by atoms with E-state index in [1.165, 1.54) is 0 Å². The quantitative estimate of drug-likeness (QED) is 0.404. The van der Waals surface area contributed by atoms with Crippen LogP contribution >= 0.6 is 0 Å². The van der Waals surface area contributed by atoms with Crippen LogP contribution in [0.15, 0.2) is 11.6 Å². The van der Waals surface area contributed by atoms with E-state index in [4.69, 9.17) is 5.11 Å². The molecule has 0 spiro atoms. The standard InChI is InChI=1S/C5H5BF2O6.Li.H/c1-3(2-4(9)10)5(11)12-6(13-7)14-8;;/h2H,1H3,(H,9,10);;/q;+1;-1/b3-2-;;. The largest absolute Gasteiger partial charge is 1.00 e. The van der Waals surface area contributed by atoms with Gasteiger partial charge in [0.2, 0.25) is 0 Å². The normalized spacial score (nSPS) is 10.2. The number of hydrogen-bond donors (Lipinski definition) is 1. The smallest absolute Gasteiger partial charge is 1.00 e. The molecule has 0 bridgehead atoms. The van der Waals surface area contributed by atoms with Crippen LogP contribution < -0.4 is 18.9 Å². The Labute approximate surface area is 96.8 Å². The molecule has 0 aliphatic carbocycles. The van der Waals surface area contributed by atoms with Gasteiger partial charge < -0.3 is 11.2 Å². The number of carbonyl (C=O) groups excluding carboxylic acids is 1. The summed E-state index contributed by atoms with van der Waals surface area (Å²) >= 11 is 0. The average molecular weight is 218 g/mol. The Balaban J connectivity index is -0.000000845. The van der Waals surface area contributed by atoms with Crippen molar-refractivity contribution in [3.8, 4) is 0 Å². The summed E-state index contributed by atoms with van der Waals surface area (Å²) in [4.78, 5) is 26.2. The molecule has 0 aromatic rings. The SMILES string of the molecule is C/C(=C/C(=O)O)C(=O)OB(OF)OF.[H-].[Li+]. The van der Waals surface area contributed by atoms with E-state index in [9.17, 15) is 18.6 Å². The molecule has 0 amide bonds. The van der Waals surface area contributed by atoms with Gasteiger partial charge in [-0.3, -0.25) is 0 Å². The molecule has 0 aliphatic rings. The predicted molar refractivity (Wildman–Crippen MR) is 38.7 cm³/mol. The van der Waals surface area contributed by atoms with Gasteiger partial charge in [0.25, 0.3) is 0 Å². The molecule has 10 heteroatoms. The first-order valence-corrected chi connectivity index (χ1v) is 3.18. The minimum atomic E-state index is -2.46. The molecule has 80 valence electrons. The van der Waals surface area contributed by atoms with Crippen LogP contribution in [-0.2, 0) is 24.0 Å². The van der Waals surface area contributed by atoms with E-state index in [0.717, 1.165) is 6.92 Å². The second-order valence-electron chi connectivity index (χ2n) is 2.04. The number of carboxylic acid groups (broad SMARTS) is 1. The summed E-state index contributed by atoms with van der Waals surface area (Å²) < 4.78 is 26.4. The summed E-state index contributed by atoms with van der Waals surface area (Å²) in [5.74, 6) is -2.69. The zero-order valence-corrected chi connectivity index (χ0v) is 7.90. The van der Waals surface area contributed by atoms with Crippen LogP contribution in [0.4, 0.5) is 9.05 Å². The van der Waals surface area contributed by atoms with Gasteiger partial charge in [0, 0.05) is 11.6 Å². The fourth-order valence-electron chi connectivity index (χ4n) is 0.475. The maximum absolute atomic E-state index is 11.3. The third-order valence-corrected chi connectivity index (χ3v) is 1.01. The predicted octanol–water partition coefficient (Wildman–Crippen LogP) is -2.54. The van der Waals surface area contributed by atoms with Crippen molar-refractivity contribution < 1.29 is 58.4 Å². The first kappa shape index (κ1) is 16.5. The van der Waals surface area contributed by atoms with E-state index < -0.39 is 19.3 Å². The second-order valence-corrected chi connectivity index (χ2v) is 2.04. The Morgan fingerprint density at radius 3 is 2.20 bits per heavy atom. The van der Waals surface area contributed by atoms with Gasteiger partial charge in [0.1, 0.15) is 0 Å². The molecule has 0 atom stereocenters. The van der Waals surface area contributed by atoms with Gasteiger partial charge in [-0.2, -0.15) is 9.72 Å². The number of hydrogen-bond acceptors (Lipinski definition) is 5. The van der Waals surface area contributed by atoms with E-state index in [2.05, 4.69) is 14.4 Å². The molecule has 0 saturated carbocycles. The molecule has 0 saturated heterocycles. The van der Waals surface area contributed by atoms with Crippen molar-refractivity contribution in [1.29, 1.82) is 0 Å². The van der Waals surface area contributed by atoms with Crippen LogP contribution in [0.5, 0.6) is 0 Å². The van der Waals surface area contributed by atoms with Gasteiger partial charge in [-0.25, -0.2) is 9.59 Å². The molecular formula is C5H6BF2LiO6. The molecule has 0 aromatic carbocycles. The molecular weight excluding hydrogens is 212 g/mol. The minimum Gasteiger partial charge on any atom is -1.00 e. The van der Waals surface area contributed by atoms with Crippen LogP contribution in [0.2, 0.25) is 0 Å². The van der Waals surface area contributed by atoms with E-state index in [1.807, 2.05) is 0 Å². The first-order valence-electron chi connectivity index (χ1n) is 3.18. The number of rotatable bonds is 5. The summed E-state index contributed by atoms with van der Waals surface area (Å²) in [6.45, 7) is 1.07. The molecule has 0 radical (unpaired) electrons. The first-order chi connectivity index (χ1) is 6.51. The van der Waals surface area contributed by atoms with Gasteiger partial charge in [-0.1, -0.05) is 9.05 Å². The van der Waals surface area contributed by atoms with Gasteiger partial charge >= 0.3 is 38.1 Å². The van der Waals surface area contributed by atoms with E-state index >= 15 is 0 Å². The second kappa shape index (κ2) is 8.43. The summed E-state index contributed by atoms with van der Waals surface area (Å²) in [6.07, 6.45) is 0.496. The number of aliphatic carboxylic acids is 1. The molecule has 0 aromatic heterocycles. The molecule has 0 unspecified atom stereocenters. The van der Waals surface area contributed by atoms with E-state index in [0.29, 0.717) is 6.08 Å². The number of carboxylic acids is 1. The monoisotopic (exact) mass is 218 g/mol. The van der Waals surface area contributed by atoms with Crippen molar-refractivity contribution in [2.24, 2.45) is 0 Å². The van der Waals surface area contributed by atoms with Crippen LogP contribution in [-0.4, -0.2) is 24.4 Å². The van der Waals surface area contributed by atoms with Gasteiger partial charge in [-0.15, -0.1) is 0 Å². The Hall–Kier alpha value is -0.878. The van der Waals surface area contributed by atoms with Crippen LogP contribution in [0.1, 0.15) is 8.35 Å². The van der Waals surface area contributed by atoms with Crippen LogP contribution in [0.3, 0.4) is 0 Å². The molecule has 1 N–H and O–H groups in total. The van der Waals surface area contributed by atoms with Crippen molar-refractivity contribution in [2.45, 2.75) is 6.92 Å². The molecule has 6 nitrogen and oxygen atoms in total.